The number of carbonyl (C=O) groups excluding carboxylic acids is 2. The molecule has 2 rings (SSSR count). The molecule has 0 saturated carbocycles. The largest absolute Gasteiger partial charge is 0.273 e. The van der Waals surface area contributed by atoms with Crippen LogP contribution in [-0.4, -0.2) is 31.7 Å². The van der Waals surface area contributed by atoms with Crippen LogP contribution in [0.5, 0.6) is 0 Å². The molecule has 0 spiro atoms. The quantitative estimate of drug-likeness (QED) is 0.778. The second kappa shape index (κ2) is 5.85. The minimum atomic E-state index is -3.12. The van der Waals surface area contributed by atoms with Crippen LogP contribution >= 0.6 is 0 Å². The second-order valence-corrected chi connectivity index (χ2v) is 7.59. The molecular weight excluding hydrogens is 292 g/mol. The highest BCUT2D eigenvalue weighted by Gasteiger charge is 2.33. The fourth-order valence-corrected chi connectivity index (χ4v) is 4.01. The van der Waals surface area contributed by atoms with Crippen LogP contribution < -0.4 is 10.9 Å². The second-order valence-electron chi connectivity index (χ2n) is 5.36. The maximum Gasteiger partial charge on any atom is 0.269 e. The van der Waals surface area contributed by atoms with Crippen LogP contribution in [0.15, 0.2) is 18.2 Å². The number of amides is 2. The van der Waals surface area contributed by atoms with Gasteiger partial charge < -0.3 is 0 Å². The summed E-state index contributed by atoms with van der Waals surface area (Å²) >= 11 is 0. The lowest BCUT2D eigenvalue weighted by Gasteiger charge is -2.12. The van der Waals surface area contributed by atoms with Gasteiger partial charge in [0.15, 0.2) is 9.84 Å². The first-order chi connectivity index (χ1) is 9.78. The van der Waals surface area contributed by atoms with Gasteiger partial charge in [0.25, 0.3) is 5.91 Å². The Morgan fingerprint density at radius 2 is 1.90 bits per heavy atom. The molecular formula is C14H18N2O4S. The van der Waals surface area contributed by atoms with E-state index in [2.05, 4.69) is 10.9 Å². The Bertz CT molecular complexity index is 682. The van der Waals surface area contributed by atoms with Crippen LogP contribution in [0.1, 0.15) is 27.9 Å². The standard InChI is InChI=1S/C14H18N2O4S/c1-9-3-4-10(2)12(7-9)14(18)16-15-13(17)11-5-6-21(19,20)8-11/h3-4,7,11H,5-6,8H2,1-2H3,(H,15,17)(H,16,18)/t11-/m0/s1. The number of carbonyl (C=O) groups is 2. The molecule has 0 radical (unpaired) electrons. The molecule has 1 fully saturated rings. The molecule has 2 N–H and O–H groups in total. The van der Waals surface area contributed by atoms with E-state index in [1.807, 2.05) is 19.1 Å². The first-order valence-electron chi connectivity index (χ1n) is 6.66. The lowest BCUT2D eigenvalue weighted by Crippen LogP contribution is -2.45. The molecule has 0 bridgehead atoms. The fraction of sp³-hybridized carbons (Fsp3) is 0.429. The summed E-state index contributed by atoms with van der Waals surface area (Å²) in [4.78, 5) is 23.9. The number of hydrazine groups is 1. The zero-order valence-corrected chi connectivity index (χ0v) is 12.8. The van der Waals surface area contributed by atoms with Gasteiger partial charge in [-0.05, 0) is 31.9 Å². The van der Waals surface area contributed by atoms with Crippen molar-refractivity contribution in [2.75, 3.05) is 11.5 Å². The van der Waals surface area contributed by atoms with Crippen molar-refractivity contribution < 1.29 is 18.0 Å². The van der Waals surface area contributed by atoms with E-state index in [-0.39, 0.29) is 11.5 Å². The Morgan fingerprint density at radius 3 is 2.52 bits per heavy atom. The summed E-state index contributed by atoms with van der Waals surface area (Å²) in [6.45, 7) is 3.68. The normalized spacial score (nSPS) is 20.0. The molecule has 0 unspecified atom stereocenters. The lowest BCUT2D eigenvalue weighted by molar-refractivity contribution is -0.125. The third-order valence-electron chi connectivity index (χ3n) is 3.54. The van der Waals surface area contributed by atoms with Gasteiger partial charge in [-0.2, -0.15) is 0 Å². The molecule has 1 aromatic rings. The molecule has 7 heteroatoms. The first kappa shape index (κ1) is 15.5. The van der Waals surface area contributed by atoms with Gasteiger partial charge in [-0.15, -0.1) is 0 Å². The summed E-state index contributed by atoms with van der Waals surface area (Å²) in [5.74, 6) is -1.59. The molecule has 6 nitrogen and oxygen atoms in total. The van der Waals surface area contributed by atoms with Crippen molar-refractivity contribution in [2.45, 2.75) is 20.3 Å². The van der Waals surface area contributed by atoms with Crippen molar-refractivity contribution in [3.05, 3.63) is 34.9 Å². The summed E-state index contributed by atoms with van der Waals surface area (Å²) in [5, 5.41) is 0. The van der Waals surface area contributed by atoms with Crippen LogP contribution in [0, 0.1) is 19.8 Å². The number of benzene rings is 1. The summed E-state index contributed by atoms with van der Waals surface area (Å²) in [5.41, 5.74) is 6.87. The molecule has 1 saturated heterocycles. The Labute approximate surface area is 123 Å². The minimum Gasteiger partial charge on any atom is -0.273 e. The third-order valence-corrected chi connectivity index (χ3v) is 5.31. The van der Waals surface area contributed by atoms with E-state index >= 15 is 0 Å². The third kappa shape index (κ3) is 3.81. The summed E-state index contributed by atoms with van der Waals surface area (Å²) in [6.07, 6.45) is 0.299. The van der Waals surface area contributed by atoms with Crippen LogP contribution in [0.3, 0.4) is 0 Å². The smallest absolute Gasteiger partial charge is 0.269 e. The van der Waals surface area contributed by atoms with Crippen molar-refractivity contribution in [3.8, 4) is 0 Å². The van der Waals surface area contributed by atoms with Gasteiger partial charge >= 0.3 is 0 Å². The van der Waals surface area contributed by atoms with Gasteiger partial charge in [-0.25, -0.2) is 8.42 Å². The number of rotatable bonds is 2. The average molecular weight is 310 g/mol. The number of nitrogens with one attached hydrogen (secondary N) is 2. The Balaban J connectivity index is 1.95. The maximum absolute atomic E-state index is 12.0. The molecule has 114 valence electrons. The predicted molar refractivity (Wildman–Crippen MR) is 78.3 cm³/mol. The van der Waals surface area contributed by atoms with E-state index < -0.39 is 27.6 Å². The van der Waals surface area contributed by atoms with Crippen molar-refractivity contribution >= 4 is 21.7 Å². The summed E-state index contributed by atoms with van der Waals surface area (Å²) in [6, 6.07) is 5.46. The molecule has 1 atom stereocenters. The van der Waals surface area contributed by atoms with Gasteiger partial charge in [-0.3, -0.25) is 20.4 Å². The monoisotopic (exact) mass is 310 g/mol. The Morgan fingerprint density at radius 1 is 1.19 bits per heavy atom. The van der Waals surface area contributed by atoms with Gasteiger partial charge in [0, 0.05) is 5.56 Å². The van der Waals surface area contributed by atoms with Crippen LogP contribution in [0.25, 0.3) is 0 Å². The van der Waals surface area contributed by atoms with Gasteiger partial charge in [-0.1, -0.05) is 17.7 Å². The average Bonchev–Trinajstić information content (AvgIpc) is 2.79. The summed E-state index contributed by atoms with van der Waals surface area (Å²) < 4.78 is 22.6. The SMILES string of the molecule is Cc1ccc(C)c(C(=O)NNC(=O)[C@H]2CCS(=O)(=O)C2)c1. The Hall–Kier alpha value is -1.89. The predicted octanol–water partition coefficient (Wildman–Crippen LogP) is 0.499. The zero-order valence-electron chi connectivity index (χ0n) is 12.0. The summed E-state index contributed by atoms with van der Waals surface area (Å²) in [7, 11) is -3.12. The van der Waals surface area contributed by atoms with Crippen molar-refractivity contribution in [1.29, 1.82) is 0 Å². The molecule has 1 heterocycles. The van der Waals surface area contributed by atoms with Crippen LogP contribution in [0.4, 0.5) is 0 Å². The highest BCUT2D eigenvalue weighted by molar-refractivity contribution is 7.91. The highest BCUT2D eigenvalue weighted by atomic mass is 32.2. The molecule has 2 amide bonds. The zero-order chi connectivity index (χ0) is 15.6. The molecule has 1 aliphatic heterocycles. The van der Waals surface area contributed by atoms with E-state index in [0.29, 0.717) is 12.0 Å². The van der Waals surface area contributed by atoms with E-state index in [4.69, 9.17) is 0 Å². The van der Waals surface area contributed by atoms with E-state index in [9.17, 15) is 18.0 Å². The van der Waals surface area contributed by atoms with E-state index in [0.717, 1.165) is 11.1 Å². The molecule has 1 aliphatic rings. The number of hydrogen-bond donors (Lipinski definition) is 2. The fourth-order valence-electron chi connectivity index (χ4n) is 2.27. The van der Waals surface area contributed by atoms with Crippen molar-refractivity contribution in [3.63, 3.8) is 0 Å². The minimum absolute atomic E-state index is 0.0238. The van der Waals surface area contributed by atoms with Crippen molar-refractivity contribution in [2.24, 2.45) is 5.92 Å². The molecule has 0 aromatic heterocycles. The van der Waals surface area contributed by atoms with Gasteiger partial charge in [0.1, 0.15) is 0 Å². The van der Waals surface area contributed by atoms with Crippen LogP contribution in [-0.2, 0) is 14.6 Å². The van der Waals surface area contributed by atoms with Gasteiger partial charge in [0.2, 0.25) is 5.91 Å². The molecule has 1 aromatic carbocycles. The van der Waals surface area contributed by atoms with Crippen LogP contribution in [0.2, 0.25) is 0 Å². The lowest BCUT2D eigenvalue weighted by atomic mass is 10.1. The molecule has 21 heavy (non-hydrogen) atoms. The topological polar surface area (TPSA) is 92.3 Å². The first-order valence-corrected chi connectivity index (χ1v) is 8.48. The number of aryl methyl sites for hydroxylation is 2. The van der Waals surface area contributed by atoms with Gasteiger partial charge in [0.05, 0.1) is 17.4 Å². The molecule has 0 aliphatic carbocycles. The maximum atomic E-state index is 12.0. The van der Waals surface area contributed by atoms with E-state index in [1.54, 1.807) is 13.0 Å². The van der Waals surface area contributed by atoms with E-state index in [1.165, 1.54) is 0 Å². The number of sulfone groups is 1. The van der Waals surface area contributed by atoms with Crippen molar-refractivity contribution in [1.82, 2.24) is 10.9 Å². The Kier molecular flexibility index (Phi) is 4.32. The highest BCUT2D eigenvalue weighted by Crippen LogP contribution is 2.18. The number of hydrogen-bond acceptors (Lipinski definition) is 4.